The van der Waals surface area contributed by atoms with Gasteiger partial charge in [0.1, 0.15) is 11.6 Å². The number of hydrogen-bond acceptors (Lipinski definition) is 5. The molecule has 6 nitrogen and oxygen atoms in total. The van der Waals surface area contributed by atoms with Crippen LogP contribution in [-0.4, -0.2) is 46.6 Å². The molecule has 0 bridgehead atoms. The summed E-state index contributed by atoms with van der Waals surface area (Å²) in [4.78, 5) is 17.9. The predicted octanol–water partition coefficient (Wildman–Crippen LogP) is 5.45. The monoisotopic (exact) mass is 537 g/mol. The van der Waals surface area contributed by atoms with Gasteiger partial charge in [0.15, 0.2) is 0 Å². The van der Waals surface area contributed by atoms with Gasteiger partial charge in [-0.2, -0.15) is 0 Å². The summed E-state index contributed by atoms with van der Waals surface area (Å²) in [5.74, 6) is -1.18. The maximum atomic E-state index is 14.5. The first-order valence-electron chi connectivity index (χ1n) is 13.0. The highest BCUT2D eigenvalue weighted by molar-refractivity contribution is 7.92. The maximum Gasteiger partial charge on any atom is 0.229 e. The fraction of sp³-hybridized carbons (Fsp3) is 0.367. The molecule has 1 aliphatic heterocycles. The highest BCUT2D eigenvalue weighted by Crippen LogP contribution is 2.28. The first-order chi connectivity index (χ1) is 18.0. The summed E-state index contributed by atoms with van der Waals surface area (Å²) in [5, 5.41) is 0. The Morgan fingerprint density at radius 2 is 1.55 bits per heavy atom. The van der Waals surface area contributed by atoms with Crippen LogP contribution in [0.15, 0.2) is 60.7 Å². The molecule has 1 heterocycles. The Hall–Kier alpha value is -3.39. The van der Waals surface area contributed by atoms with Crippen molar-refractivity contribution in [1.82, 2.24) is 0 Å². The van der Waals surface area contributed by atoms with Crippen LogP contribution in [0.2, 0.25) is 0 Å². The SMILES string of the molecule is Cc1ccc(N2CCN(c3cc(C)ccc3CCC(=O)C(C)c3ccc(NS(C)(=O)=O)c(F)c3)CC2)cc1. The molecular weight excluding hydrogens is 501 g/mol. The van der Waals surface area contributed by atoms with E-state index in [9.17, 15) is 17.6 Å². The van der Waals surface area contributed by atoms with E-state index in [1.165, 1.54) is 34.6 Å². The zero-order valence-electron chi connectivity index (χ0n) is 22.5. The van der Waals surface area contributed by atoms with Crippen LogP contribution in [0.3, 0.4) is 0 Å². The van der Waals surface area contributed by atoms with Gasteiger partial charge in [-0.1, -0.05) is 42.8 Å². The van der Waals surface area contributed by atoms with E-state index in [1.54, 1.807) is 13.0 Å². The normalized spacial score (nSPS) is 14.9. The first-order valence-corrected chi connectivity index (χ1v) is 14.9. The van der Waals surface area contributed by atoms with Crippen LogP contribution >= 0.6 is 0 Å². The average molecular weight is 538 g/mol. The largest absolute Gasteiger partial charge is 0.368 e. The molecule has 1 unspecified atom stereocenters. The minimum absolute atomic E-state index is 0.0175. The third kappa shape index (κ3) is 6.92. The molecule has 0 radical (unpaired) electrons. The highest BCUT2D eigenvalue weighted by atomic mass is 32.2. The van der Waals surface area contributed by atoms with Crippen molar-refractivity contribution in [3.63, 3.8) is 0 Å². The lowest BCUT2D eigenvalue weighted by molar-refractivity contribution is -0.120. The molecule has 202 valence electrons. The topological polar surface area (TPSA) is 69.7 Å². The van der Waals surface area contributed by atoms with Crippen molar-refractivity contribution < 1.29 is 17.6 Å². The number of anilines is 3. The summed E-state index contributed by atoms with van der Waals surface area (Å²) in [6.45, 7) is 9.62. The number of hydrogen-bond donors (Lipinski definition) is 1. The lowest BCUT2D eigenvalue weighted by Gasteiger charge is -2.38. The van der Waals surface area contributed by atoms with E-state index in [2.05, 4.69) is 70.8 Å². The van der Waals surface area contributed by atoms with Gasteiger partial charge in [0.2, 0.25) is 10.0 Å². The molecule has 1 N–H and O–H groups in total. The quantitative estimate of drug-likeness (QED) is 0.393. The molecule has 0 aliphatic carbocycles. The van der Waals surface area contributed by atoms with E-state index in [0.717, 1.165) is 38.0 Å². The Bertz CT molecular complexity index is 1400. The number of nitrogens with one attached hydrogen (secondary N) is 1. The van der Waals surface area contributed by atoms with Gasteiger partial charge in [-0.15, -0.1) is 0 Å². The van der Waals surface area contributed by atoms with Gasteiger partial charge in [0.05, 0.1) is 11.9 Å². The molecular formula is C30H36FN3O3S. The number of ketones is 1. The fourth-order valence-electron chi connectivity index (χ4n) is 4.88. The summed E-state index contributed by atoms with van der Waals surface area (Å²) in [7, 11) is -3.59. The number of Topliss-reactive ketones (excluding diaryl/α,β-unsaturated/α-hetero) is 1. The number of rotatable bonds is 9. The van der Waals surface area contributed by atoms with Crippen LogP contribution in [0.1, 0.15) is 41.5 Å². The molecule has 1 fully saturated rings. The van der Waals surface area contributed by atoms with E-state index < -0.39 is 21.8 Å². The summed E-state index contributed by atoms with van der Waals surface area (Å²) in [6.07, 6.45) is 1.91. The van der Waals surface area contributed by atoms with Gasteiger partial charge in [-0.25, -0.2) is 12.8 Å². The van der Waals surface area contributed by atoms with Crippen LogP contribution in [0.5, 0.6) is 0 Å². The van der Waals surface area contributed by atoms with Crippen LogP contribution in [-0.2, 0) is 21.2 Å². The molecule has 3 aromatic carbocycles. The second-order valence-electron chi connectivity index (χ2n) is 10.2. The summed E-state index contributed by atoms with van der Waals surface area (Å²) in [5.41, 5.74) is 6.41. The standard InChI is InChI=1S/C30H36FN3O3S/c1-21-6-11-26(12-7-21)33-15-17-34(18-16-33)29-19-22(2)5-8-24(29)10-14-30(35)23(3)25-9-13-28(27(31)20-25)32-38(4,36)37/h5-9,11-13,19-20,23,32H,10,14-18H2,1-4H3. The van der Waals surface area contributed by atoms with E-state index in [0.29, 0.717) is 18.4 Å². The molecule has 0 amide bonds. The average Bonchev–Trinajstić information content (AvgIpc) is 2.88. The van der Waals surface area contributed by atoms with E-state index in [1.807, 2.05) is 0 Å². The van der Waals surface area contributed by atoms with Gasteiger partial charge < -0.3 is 9.80 Å². The lowest BCUT2D eigenvalue weighted by Crippen LogP contribution is -2.46. The van der Waals surface area contributed by atoms with Gasteiger partial charge in [-0.05, 0) is 67.3 Å². The zero-order chi connectivity index (χ0) is 27.4. The number of benzene rings is 3. The summed E-state index contributed by atoms with van der Waals surface area (Å²) < 4.78 is 39.4. The van der Waals surface area contributed by atoms with Crippen LogP contribution in [0, 0.1) is 19.7 Å². The number of aryl methyl sites for hydroxylation is 3. The summed E-state index contributed by atoms with van der Waals surface area (Å²) >= 11 is 0. The third-order valence-corrected chi connectivity index (χ3v) is 7.76. The Kier molecular flexibility index (Phi) is 8.41. The number of piperazine rings is 1. The lowest BCUT2D eigenvalue weighted by atomic mass is 9.92. The third-order valence-electron chi connectivity index (χ3n) is 7.17. The van der Waals surface area contributed by atoms with Gasteiger partial charge in [0.25, 0.3) is 0 Å². The molecule has 38 heavy (non-hydrogen) atoms. The van der Waals surface area contributed by atoms with Gasteiger partial charge >= 0.3 is 0 Å². The molecule has 8 heteroatoms. The Balaban J connectivity index is 1.40. The minimum atomic E-state index is -3.59. The number of carbonyl (C=O) groups is 1. The minimum Gasteiger partial charge on any atom is -0.368 e. The number of halogens is 1. The maximum absolute atomic E-state index is 14.5. The molecule has 0 saturated carbocycles. The van der Waals surface area contributed by atoms with Crippen molar-refractivity contribution in [1.29, 1.82) is 0 Å². The van der Waals surface area contributed by atoms with Crippen molar-refractivity contribution in [2.75, 3.05) is 47.0 Å². The smallest absolute Gasteiger partial charge is 0.229 e. The van der Waals surface area contributed by atoms with Crippen LogP contribution < -0.4 is 14.5 Å². The zero-order valence-corrected chi connectivity index (χ0v) is 23.3. The Morgan fingerprint density at radius 3 is 2.18 bits per heavy atom. The number of nitrogens with zero attached hydrogens (tertiary/aromatic N) is 2. The van der Waals surface area contributed by atoms with Crippen LogP contribution in [0.4, 0.5) is 21.5 Å². The van der Waals surface area contributed by atoms with Crippen molar-refractivity contribution in [3.05, 3.63) is 88.7 Å². The fourth-order valence-corrected chi connectivity index (χ4v) is 5.45. The second kappa shape index (κ2) is 11.6. The first kappa shape index (κ1) is 27.6. The molecule has 4 rings (SSSR count). The highest BCUT2D eigenvalue weighted by Gasteiger charge is 2.22. The molecule has 0 spiro atoms. The van der Waals surface area contributed by atoms with Crippen LogP contribution in [0.25, 0.3) is 0 Å². The van der Waals surface area contributed by atoms with E-state index >= 15 is 0 Å². The van der Waals surface area contributed by atoms with E-state index in [4.69, 9.17) is 0 Å². The van der Waals surface area contributed by atoms with Crippen molar-refractivity contribution in [3.8, 4) is 0 Å². The molecule has 0 aromatic heterocycles. The number of carbonyl (C=O) groups excluding carboxylic acids is 1. The van der Waals surface area contributed by atoms with Gasteiger partial charge in [0, 0.05) is 49.9 Å². The summed E-state index contributed by atoms with van der Waals surface area (Å²) in [6, 6.07) is 19.2. The number of sulfonamides is 1. The molecule has 3 aromatic rings. The molecule has 1 atom stereocenters. The second-order valence-corrected chi connectivity index (χ2v) is 12.0. The molecule has 1 aliphatic rings. The van der Waals surface area contributed by atoms with E-state index in [-0.39, 0.29) is 11.5 Å². The Morgan fingerprint density at radius 1 is 0.921 bits per heavy atom. The van der Waals surface area contributed by atoms with Crippen molar-refractivity contribution in [2.45, 2.75) is 39.5 Å². The Labute approximate surface area is 225 Å². The van der Waals surface area contributed by atoms with Crippen molar-refractivity contribution in [2.24, 2.45) is 0 Å². The van der Waals surface area contributed by atoms with Crippen molar-refractivity contribution >= 4 is 32.9 Å². The predicted molar refractivity (Wildman–Crippen MR) is 153 cm³/mol. The molecule has 1 saturated heterocycles. The van der Waals surface area contributed by atoms with Gasteiger partial charge in [-0.3, -0.25) is 9.52 Å².